The summed E-state index contributed by atoms with van der Waals surface area (Å²) >= 11 is 0. The first-order chi connectivity index (χ1) is 8.91. The van der Waals surface area contributed by atoms with Gasteiger partial charge in [-0.25, -0.2) is 18.4 Å². The summed E-state index contributed by atoms with van der Waals surface area (Å²) < 4.78 is 32.8. The molecule has 6 nitrogen and oxygen atoms in total. The molecule has 1 saturated carbocycles. The monoisotopic (exact) mass is 285 g/mol. The Morgan fingerprint density at radius 3 is 2.63 bits per heavy atom. The molecule has 0 radical (unpaired) electrons. The van der Waals surface area contributed by atoms with Gasteiger partial charge in [0.2, 0.25) is 10.0 Å². The highest BCUT2D eigenvalue weighted by Gasteiger charge is 2.24. The van der Waals surface area contributed by atoms with Crippen molar-refractivity contribution in [1.82, 2.24) is 0 Å². The van der Waals surface area contributed by atoms with Crippen LogP contribution < -0.4 is 9.88 Å². The van der Waals surface area contributed by atoms with Crippen LogP contribution in [0.5, 0.6) is 5.75 Å². The van der Waals surface area contributed by atoms with Crippen molar-refractivity contribution in [3.05, 3.63) is 23.8 Å². The molecule has 7 heteroatoms. The third kappa shape index (κ3) is 3.45. The first-order valence-corrected chi connectivity index (χ1v) is 7.34. The van der Waals surface area contributed by atoms with E-state index in [1.54, 1.807) is 0 Å². The van der Waals surface area contributed by atoms with E-state index >= 15 is 0 Å². The van der Waals surface area contributed by atoms with E-state index in [1.165, 1.54) is 25.3 Å². The summed E-state index contributed by atoms with van der Waals surface area (Å²) in [5, 5.41) is 5.07. The minimum absolute atomic E-state index is 0.0984. The molecular weight excluding hydrogens is 270 g/mol. The van der Waals surface area contributed by atoms with Gasteiger partial charge in [-0.05, 0) is 37.0 Å². The van der Waals surface area contributed by atoms with E-state index in [0.717, 1.165) is 12.8 Å². The molecule has 0 heterocycles. The lowest BCUT2D eigenvalue weighted by molar-refractivity contribution is 0.0486. The van der Waals surface area contributed by atoms with E-state index in [-0.39, 0.29) is 16.2 Å². The van der Waals surface area contributed by atoms with E-state index < -0.39 is 16.0 Å². The van der Waals surface area contributed by atoms with Crippen LogP contribution >= 0.6 is 0 Å². The third-order valence-electron chi connectivity index (χ3n) is 2.85. The number of rotatable bonds is 5. The fourth-order valence-electron chi connectivity index (χ4n) is 1.59. The number of nitrogens with two attached hydrogens (primary N) is 1. The lowest BCUT2D eigenvalue weighted by Gasteiger charge is -2.09. The van der Waals surface area contributed by atoms with Gasteiger partial charge in [0.15, 0.2) is 0 Å². The Labute approximate surface area is 111 Å². The molecule has 0 atom stereocenters. The second-order valence-electron chi connectivity index (χ2n) is 4.45. The smallest absolute Gasteiger partial charge is 0.338 e. The number of primary sulfonamides is 1. The molecule has 0 aliphatic heterocycles. The van der Waals surface area contributed by atoms with Crippen molar-refractivity contribution >= 4 is 16.0 Å². The van der Waals surface area contributed by atoms with Gasteiger partial charge in [-0.2, -0.15) is 0 Å². The predicted octanol–water partition coefficient (Wildman–Crippen LogP) is 0.909. The van der Waals surface area contributed by atoms with E-state index in [4.69, 9.17) is 14.6 Å². The van der Waals surface area contributed by atoms with Crippen LogP contribution in [0.3, 0.4) is 0 Å². The molecule has 0 aromatic heterocycles. The van der Waals surface area contributed by atoms with Crippen molar-refractivity contribution in [2.45, 2.75) is 17.7 Å². The van der Waals surface area contributed by atoms with E-state index in [1.807, 2.05) is 0 Å². The van der Waals surface area contributed by atoms with Crippen LogP contribution in [-0.4, -0.2) is 28.1 Å². The van der Waals surface area contributed by atoms with Gasteiger partial charge in [-0.1, -0.05) is 0 Å². The molecule has 0 unspecified atom stereocenters. The van der Waals surface area contributed by atoms with Crippen LogP contribution in [0.4, 0.5) is 0 Å². The summed E-state index contributed by atoms with van der Waals surface area (Å²) in [4.78, 5) is 11.5. The van der Waals surface area contributed by atoms with Crippen molar-refractivity contribution in [1.29, 1.82) is 0 Å². The summed E-state index contributed by atoms with van der Waals surface area (Å²) in [5.41, 5.74) is 0.144. The molecule has 2 rings (SSSR count). The molecule has 0 amide bonds. The zero-order chi connectivity index (χ0) is 14.0. The van der Waals surface area contributed by atoms with Crippen LogP contribution in [0.15, 0.2) is 23.1 Å². The average Bonchev–Trinajstić information content (AvgIpc) is 3.18. The molecule has 0 saturated heterocycles. The first-order valence-electron chi connectivity index (χ1n) is 5.80. The lowest BCUT2D eigenvalue weighted by Crippen LogP contribution is -2.15. The van der Waals surface area contributed by atoms with Gasteiger partial charge in [-0.15, -0.1) is 0 Å². The van der Waals surface area contributed by atoms with Gasteiger partial charge in [0, 0.05) is 0 Å². The highest BCUT2D eigenvalue weighted by Crippen LogP contribution is 2.29. The Balaban J connectivity index is 2.23. The normalized spacial score (nSPS) is 15.1. The van der Waals surface area contributed by atoms with E-state index in [9.17, 15) is 13.2 Å². The molecule has 1 aliphatic carbocycles. The summed E-state index contributed by atoms with van der Waals surface area (Å²) in [6.07, 6.45) is 2.14. The van der Waals surface area contributed by atoms with Gasteiger partial charge in [-0.3, -0.25) is 0 Å². The SMILES string of the molecule is COc1ccc(C(=O)OCC2CC2)cc1S(N)(=O)=O. The highest BCUT2D eigenvalue weighted by molar-refractivity contribution is 7.89. The minimum Gasteiger partial charge on any atom is -0.495 e. The summed E-state index contributed by atoms with van der Waals surface area (Å²) in [6, 6.07) is 4.00. The maximum Gasteiger partial charge on any atom is 0.338 e. The van der Waals surface area contributed by atoms with Gasteiger partial charge >= 0.3 is 5.97 Å². The van der Waals surface area contributed by atoms with Crippen LogP contribution in [0.1, 0.15) is 23.2 Å². The van der Waals surface area contributed by atoms with Crippen molar-refractivity contribution < 1.29 is 22.7 Å². The largest absolute Gasteiger partial charge is 0.495 e. The standard InChI is InChI=1S/C12H15NO5S/c1-17-10-5-4-9(6-11(10)19(13,15)16)12(14)18-7-8-2-3-8/h4-6,8H,2-3,7H2,1H3,(H2,13,15,16). The number of sulfonamides is 1. The number of esters is 1. The lowest BCUT2D eigenvalue weighted by atomic mass is 10.2. The fourth-order valence-corrected chi connectivity index (χ4v) is 2.31. The summed E-state index contributed by atoms with van der Waals surface area (Å²) in [6.45, 7) is 0.371. The van der Waals surface area contributed by atoms with Gasteiger partial charge in [0.1, 0.15) is 10.6 Å². The molecule has 19 heavy (non-hydrogen) atoms. The Morgan fingerprint density at radius 2 is 2.11 bits per heavy atom. The van der Waals surface area contributed by atoms with Crippen LogP contribution in [-0.2, 0) is 14.8 Å². The number of hydrogen-bond donors (Lipinski definition) is 1. The van der Waals surface area contributed by atoms with Gasteiger partial charge in [0.05, 0.1) is 19.3 Å². The molecule has 1 fully saturated rings. The fraction of sp³-hybridized carbons (Fsp3) is 0.417. The summed E-state index contributed by atoms with van der Waals surface area (Å²) in [5.74, 6) is -0.0133. The number of carbonyl (C=O) groups excluding carboxylic acids is 1. The van der Waals surface area contributed by atoms with Crippen molar-refractivity contribution in [2.75, 3.05) is 13.7 Å². The molecular formula is C12H15NO5S. The number of ether oxygens (including phenoxy) is 2. The molecule has 0 spiro atoms. The van der Waals surface area contributed by atoms with Crippen LogP contribution in [0.25, 0.3) is 0 Å². The van der Waals surface area contributed by atoms with Crippen LogP contribution in [0, 0.1) is 5.92 Å². The molecule has 2 N–H and O–H groups in total. The van der Waals surface area contributed by atoms with Gasteiger partial charge < -0.3 is 9.47 Å². The second kappa shape index (κ2) is 5.18. The van der Waals surface area contributed by atoms with Crippen molar-refractivity contribution in [2.24, 2.45) is 11.1 Å². The zero-order valence-electron chi connectivity index (χ0n) is 10.5. The third-order valence-corrected chi connectivity index (χ3v) is 3.78. The Morgan fingerprint density at radius 1 is 1.42 bits per heavy atom. The topological polar surface area (TPSA) is 95.7 Å². The van der Waals surface area contributed by atoms with Crippen molar-refractivity contribution in [3.8, 4) is 5.75 Å². The van der Waals surface area contributed by atoms with Crippen molar-refractivity contribution in [3.63, 3.8) is 0 Å². The number of carbonyl (C=O) groups is 1. The number of hydrogen-bond acceptors (Lipinski definition) is 5. The summed E-state index contributed by atoms with van der Waals surface area (Å²) in [7, 11) is -2.62. The quantitative estimate of drug-likeness (QED) is 0.811. The zero-order valence-corrected chi connectivity index (χ0v) is 11.3. The Bertz CT molecular complexity index is 592. The molecule has 0 bridgehead atoms. The van der Waals surface area contributed by atoms with Crippen LogP contribution in [0.2, 0.25) is 0 Å². The Kier molecular flexibility index (Phi) is 3.77. The highest BCUT2D eigenvalue weighted by atomic mass is 32.2. The first kappa shape index (κ1) is 13.8. The minimum atomic E-state index is -3.95. The molecule has 104 valence electrons. The molecule has 1 aliphatic rings. The average molecular weight is 285 g/mol. The number of methoxy groups -OCH3 is 1. The Hall–Kier alpha value is -1.60. The van der Waals surface area contributed by atoms with Gasteiger partial charge in [0.25, 0.3) is 0 Å². The maximum absolute atomic E-state index is 11.8. The maximum atomic E-state index is 11.8. The number of benzene rings is 1. The predicted molar refractivity (Wildman–Crippen MR) is 67.4 cm³/mol. The molecule has 1 aromatic rings. The van der Waals surface area contributed by atoms with E-state index in [0.29, 0.717) is 12.5 Å². The van der Waals surface area contributed by atoms with E-state index in [2.05, 4.69) is 0 Å². The second-order valence-corrected chi connectivity index (χ2v) is 5.98. The molecule has 1 aromatic carbocycles.